The molecule has 0 aliphatic carbocycles. The summed E-state index contributed by atoms with van der Waals surface area (Å²) in [4.78, 5) is 12.3. The molecule has 8 heteroatoms. The highest BCUT2D eigenvalue weighted by Gasteiger charge is 2.43. The Hall–Kier alpha value is -3.14. The maximum atomic E-state index is 13.5. The Balaban J connectivity index is 1.49. The first kappa shape index (κ1) is 28.9. The van der Waals surface area contributed by atoms with Gasteiger partial charge < -0.3 is 35.3 Å². The van der Waals surface area contributed by atoms with E-state index in [9.17, 15) is 29.6 Å². The molecule has 7 atom stereocenters. The van der Waals surface area contributed by atoms with Gasteiger partial charge in [0.1, 0.15) is 36.5 Å². The molecule has 208 valence electrons. The lowest BCUT2D eigenvalue weighted by molar-refractivity contribution is -0.228. The molecule has 1 unspecified atom stereocenters. The molecule has 0 aromatic heterocycles. The molecule has 1 saturated heterocycles. The third-order valence-electron chi connectivity index (χ3n) is 7.38. The van der Waals surface area contributed by atoms with E-state index in [1.807, 2.05) is 42.5 Å². The largest absolute Gasteiger partial charge is 0.394 e. The first-order chi connectivity index (χ1) is 18.9. The lowest BCUT2D eigenvalue weighted by Crippen LogP contribution is -2.59. The molecule has 1 heterocycles. The summed E-state index contributed by atoms with van der Waals surface area (Å²) >= 11 is 0. The smallest absolute Gasteiger partial charge is 0.125 e. The van der Waals surface area contributed by atoms with Crippen molar-refractivity contribution < 1.29 is 34.3 Å². The van der Waals surface area contributed by atoms with Crippen molar-refractivity contribution in [2.45, 2.75) is 62.2 Å². The second-order valence-electron chi connectivity index (χ2n) is 10.1. The predicted molar refractivity (Wildman–Crippen MR) is 146 cm³/mol. The van der Waals surface area contributed by atoms with Gasteiger partial charge in [0.2, 0.25) is 0 Å². The summed E-state index contributed by atoms with van der Waals surface area (Å²) in [6.45, 7) is -0.478. The van der Waals surface area contributed by atoms with Crippen molar-refractivity contribution in [1.82, 2.24) is 0 Å². The SMILES string of the molecule is O=C[C@H](CCCc1ccccc1)[C@H](Nc1ccc(F)cc1)c1ccc(CC2O[C@H](CO)[C@@H](O)[C@H](O)[C@H]2O)cc1. The average molecular weight is 538 g/mol. The van der Waals surface area contributed by atoms with Gasteiger partial charge in [-0.3, -0.25) is 0 Å². The molecule has 1 fully saturated rings. The number of hydrogen-bond acceptors (Lipinski definition) is 7. The van der Waals surface area contributed by atoms with Crippen molar-refractivity contribution in [2.75, 3.05) is 11.9 Å². The van der Waals surface area contributed by atoms with Crippen LogP contribution in [0.3, 0.4) is 0 Å². The fourth-order valence-corrected chi connectivity index (χ4v) is 5.10. The number of rotatable bonds is 12. The number of aliphatic hydroxyl groups excluding tert-OH is 4. The minimum atomic E-state index is -1.42. The van der Waals surface area contributed by atoms with Crippen LogP contribution in [0.2, 0.25) is 0 Å². The molecule has 3 aromatic rings. The Morgan fingerprint density at radius 3 is 2.15 bits per heavy atom. The number of nitrogens with one attached hydrogen (secondary N) is 1. The number of anilines is 1. The third-order valence-corrected chi connectivity index (χ3v) is 7.38. The van der Waals surface area contributed by atoms with Crippen LogP contribution in [0.5, 0.6) is 0 Å². The first-order valence-electron chi connectivity index (χ1n) is 13.3. The Kier molecular flexibility index (Phi) is 10.2. The van der Waals surface area contributed by atoms with Crippen molar-refractivity contribution in [1.29, 1.82) is 0 Å². The van der Waals surface area contributed by atoms with Crippen molar-refractivity contribution in [2.24, 2.45) is 5.92 Å². The van der Waals surface area contributed by atoms with Crippen LogP contribution in [0.1, 0.15) is 35.6 Å². The second-order valence-corrected chi connectivity index (χ2v) is 10.1. The second kappa shape index (κ2) is 13.8. The van der Waals surface area contributed by atoms with Crippen LogP contribution in [-0.2, 0) is 22.4 Å². The molecular formula is C31H36FNO6. The first-order valence-corrected chi connectivity index (χ1v) is 13.3. The standard InChI is InChI=1S/C31H36FNO6/c32-24-13-15-25(16-14-24)33-28(23(18-34)8-4-7-20-5-2-1-3-6-20)22-11-9-21(10-12-22)17-26-29(36)31(38)30(37)27(19-35)39-26/h1-3,5-6,9-16,18,23,26-31,33,35-38H,4,7-8,17,19H2/t23-,26?,27+,28+,29-,30+,31+/m0/s1. The number of halogens is 1. The summed E-state index contributed by atoms with van der Waals surface area (Å²) in [5, 5.41) is 43.4. The highest BCUT2D eigenvalue weighted by atomic mass is 19.1. The van der Waals surface area contributed by atoms with E-state index in [-0.39, 0.29) is 24.2 Å². The molecule has 0 bridgehead atoms. The zero-order valence-electron chi connectivity index (χ0n) is 21.6. The fraction of sp³-hybridized carbons (Fsp3) is 0.387. The number of carbonyl (C=O) groups excluding carboxylic acids is 1. The molecule has 1 aliphatic rings. The fourth-order valence-electron chi connectivity index (χ4n) is 5.10. The summed E-state index contributed by atoms with van der Waals surface area (Å²) in [5.41, 5.74) is 3.59. The van der Waals surface area contributed by atoms with E-state index < -0.39 is 37.1 Å². The van der Waals surface area contributed by atoms with E-state index in [1.165, 1.54) is 17.7 Å². The molecule has 0 radical (unpaired) electrons. The van der Waals surface area contributed by atoms with Gasteiger partial charge in [-0.15, -0.1) is 0 Å². The number of benzene rings is 3. The van der Waals surface area contributed by atoms with Crippen molar-refractivity contribution in [3.8, 4) is 0 Å². The Bertz CT molecular complexity index is 1160. The number of aliphatic hydroxyl groups is 4. The van der Waals surface area contributed by atoms with Crippen molar-refractivity contribution in [3.63, 3.8) is 0 Å². The van der Waals surface area contributed by atoms with E-state index >= 15 is 0 Å². The number of ether oxygens (including phenoxy) is 1. The molecule has 4 rings (SSSR count). The summed E-state index contributed by atoms with van der Waals surface area (Å²) in [5.74, 6) is -0.681. The quantitative estimate of drug-likeness (QED) is 0.225. The zero-order valence-corrected chi connectivity index (χ0v) is 21.6. The van der Waals surface area contributed by atoms with Crippen LogP contribution in [-0.4, -0.2) is 63.8 Å². The van der Waals surface area contributed by atoms with Gasteiger partial charge in [0.15, 0.2) is 0 Å². The normalized spacial score (nSPS) is 24.6. The van der Waals surface area contributed by atoms with E-state index in [4.69, 9.17) is 4.74 Å². The van der Waals surface area contributed by atoms with Gasteiger partial charge in [-0.05, 0) is 60.2 Å². The molecule has 1 aliphatic heterocycles. The lowest BCUT2D eigenvalue weighted by Gasteiger charge is -2.40. The van der Waals surface area contributed by atoms with Crippen LogP contribution in [0.15, 0.2) is 78.9 Å². The molecule has 7 nitrogen and oxygen atoms in total. The molecule has 3 aromatic carbocycles. The van der Waals surface area contributed by atoms with Crippen molar-refractivity contribution >= 4 is 12.0 Å². The van der Waals surface area contributed by atoms with Gasteiger partial charge >= 0.3 is 0 Å². The Morgan fingerprint density at radius 1 is 0.846 bits per heavy atom. The zero-order chi connectivity index (χ0) is 27.8. The average Bonchev–Trinajstić information content (AvgIpc) is 2.96. The van der Waals surface area contributed by atoms with E-state index in [1.54, 1.807) is 12.1 Å². The van der Waals surface area contributed by atoms with Crippen LogP contribution in [0.25, 0.3) is 0 Å². The summed E-state index contributed by atoms with van der Waals surface area (Å²) < 4.78 is 19.1. The maximum Gasteiger partial charge on any atom is 0.125 e. The van der Waals surface area contributed by atoms with Gasteiger partial charge in [-0.1, -0.05) is 54.6 Å². The Labute approximate surface area is 227 Å². The van der Waals surface area contributed by atoms with Gasteiger partial charge in [0.25, 0.3) is 0 Å². The van der Waals surface area contributed by atoms with Crippen LogP contribution < -0.4 is 5.32 Å². The molecule has 5 N–H and O–H groups in total. The molecular weight excluding hydrogens is 501 g/mol. The van der Waals surface area contributed by atoms with Crippen LogP contribution in [0.4, 0.5) is 10.1 Å². The van der Waals surface area contributed by atoms with Gasteiger partial charge in [-0.2, -0.15) is 0 Å². The topological polar surface area (TPSA) is 119 Å². The maximum absolute atomic E-state index is 13.5. The molecule has 39 heavy (non-hydrogen) atoms. The van der Waals surface area contributed by atoms with E-state index in [0.29, 0.717) is 12.1 Å². The van der Waals surface area contributed by atoms with E-state index in [0.717, 1.165) is 30.3 Å². The van der Waals surface area contributed by atoms with Crippen LogP contribution in [0, 0.1) is 11.7 Å². The van der Waals surface area contributed by atoms with Gasteiger partial charge in [0.05, 0.1) is 18.8 Å². The highest BCUT2D eigenvalue weighted by molar-refractivity contribution is 5.58. The summed E-state index contributed by atoms with van der Waals surface area (Å²) in [7, 11) is 0. The minimum absolute atomic E-state index is 0.256. The number of aryl methyl sites for hydroxylation is 1. The minimum Gasteiger partial charge on any atom is -0.394 e. The summed E-state index contributed by atoms with van der Waals surface area (Å²) in [6.07, 6.45) is -2.33. The lowest BCUT2D eigenvalue weighted by atomic mass is 9.87. The molecule has 0 saturated carbocycles. The van der Waals surface area contributed by atoms with Crippen LogP contribution >= 0.6 is 0 Å². The monoisotopic (exact) mass is 537 g/mol. The third kappa shape index (κ3) is 7.50. The van der Waals surface area contributed by atoms with E-state index in [2.05, 4.69) is 17.4 Å². The number of hydrogen-bond donors (Lipinski definition) is 5. The number of aldehydes is 1. The van der Waals surface area contributed by atoms with Gasteiger partial charge in [0, 0.05) is 18.0 Å². The Morgan fingerprint density at radius 2 is 1.51 bits per heavy atom. The highest BCUT2D eigenvalue weighted by Crippen LogP contribution is 2.31. The predicted octanol–water partition coefficient (Wildman–Crippen LogP) is 3.20. The number of carbonyl (C=O) groups is 1. The molecule has 0 spiro atoms. The van der Waals surface area contributed by atoms with Crippen molar-refractivity contribution in [3.05, 3.63) is 101 Å². The van der Waals surface area contributed by atoms with Gasteiger partial charge in [-0.25, -0.2) is 4.39 Å². The summed E-state index contributed by atoms with van der Waals surface area (Å²) in [6, 6.07) is 23.3. The molecule has 0 amide bonds.